The lowest BCUT2D eigenvalue weighted by Gasteiger charge is -2.09. The Labute approximate surface area is 187 Å². The van der Waals surface area contributed by atoms with Crippen molar-refractivity contribution in [3.63, 3.8) is 0 Å². The van der Waals surface area contributed by atoms with Gasteiger partial charge in [0.1, 0.15) is 10.6 Å². The van der Waals surface area contributed by atoms with E-state index in [0.717, 1.165) is 5.56 Å². The fourth-order valence-electron chi connectivity index (χ4n) is 3.28. The number of halogens is 2. The van der Waals surface area contributed by atoms with Crippen molar-refractivity contribution in [2.24, 2.45) is 0 Å². The van der Waals surface area contributed by atoms with E-state index < -0.39 is 5.82 Å². The van der Waals surface area contributed by atoms with Gasteiger partial charge in [0.25, 0.3) is 0 Å². The van der Waals surface area contributed by atoms with Gasteiger partial charge in [-0.15, -0.1) is 11.3 Å². The SMILES string of the molecule is COc1ccc(-c2ccc3c(N)c(C(=O)Cc4ccc(Cl)cc4F)sc3n2)cc1OC. The van der Waals surface area contributed by atoms with Crippen molar-refractivity contribution in [2.45, 2.75) is 6.42 Å². The van der Waals surface area contributed by atoms with Gasteiger partial charge in [0, 0.05) is 22.4 Å². The Morgan fingerprint density at radius 3 is 2.58 bits per heavy atom. The molecule has 0 aliphatic heterocycles. The number of methoxy groups -OCH3 is 2. The van der Waals surface area contributed by atoms with E-state index in [1.54, 1.807) is 26.4 Å². The van der Waals surface area contributed by atoms with Gasteiger partial charge in [0.2, 0.25) is 0 Å². The third-order valence-electron chi connectivity index (χ3n) is 4.89. The summed E-state index contributed by atoms with van der Waals surface area (Å²) in [6.07, 6.45) is -0.109. The number of hydrogen-bond acceptors (Lipinski definition) is 6. The molecule has 8 heteroatoms. The van der Waals surface area contributed by atoms with Gasteiger partial charge >= 0.3 is 0 Å². The highest BCUT2D eigenvalue weighted by Gasteiger charge is 2.19. The topological polar surface area (TPSA) is 74.4 Å². The average molecular weight is 457 g/mol. The Morgan fingerprint density at radius 2 is 1.87 bits per heavy atom. The Morgan fingerprint density at radius 1 is 1.10 bits per heavy atom. The molecule has 0 radical (unpaired) electrons. The first-order valence-electron chi connectivity index (χ1n) is 9.29. The molecule has 0 saturated heterocycles. The average Bonchev–Trinajstić information content (AvgIpc) is 3.11. The Balaban J connectivity index is 1.68. The van der Waals surface area contributed by atoms with Crippen molar-refractivity contribution < 1.29 is 18.7 Å². The molecule has 31 heavy (non-hydrogen) atoms. The van der Waals surface area contributed by atoms with Gasteiger partial charge in [-0.1, -0.05) is 17.7 Å². The van der Waals surface area contributed by atoms with E-state index in [4.69, 9.17) is 26.8 Å². The van der Waals surface area contributed by atoms with Gasteiger partial charge in [-0.2, -0.15) is 0 Å². The molecule has 0 amide bonds. The highest BCUT2D eigenvalue weighted by Crippen LogP contribution is 2.37. The second-order valence-electron chi connectivity index (χ2n) is 6.80. The molecule has 0 spiro atoms. The summed E-state index contributed by atoms with van der Waals surface area (Å²) in [5.74, 6) is 0.423. The monoisotopic (exact) mass is 456 g/mol. The molecule has 2 aromatic heterocycles. The molecule has 0 atom stereocenters. The number of ketones is 1. The van der Waals surface area contributed by atoms with Gasteiger partial charge < -0.3 is 15.2 Å². The number of pyridine rings is 1. The molecule has 2 aromatic carbocycles. The minimum atomic E-state index is -0.519. The third kappa shape index (κ3) is 4.06. The predicted octanol–water partition coefficient (Wildman–Crippen LogP) is 5.78. The maximum Gasteiger partial charge on any atom is 0.179 e. The second kappa shape index (κ2) is 8.53. The molecule has 2 N–H and O–H groups in total. The van der Waals surface area contributed by atoms with Crippen LogP contribution in [0, 0.1) is 5.82 Å². The largest absolute Gasteiger partial charge is 0.493 e. The van der Waals surface area contributed by atoms with E-state index >= 15 is 0 Å². The summed E-state index contributed by atoms with van der Waals surface area (Å²) in [4.78, 5) is 18.5. The molecule has 0 unspecified atom stereocenters. The van der Waals surface area contributed by atoms with E-state index in [2.05, 4.69) is 4.98 Å². The van der Waals surface area contributed by atoms with Crippen molar-refractivity contribution in [3.8, 4) is 22.8 Å². The number of nitrogens with two attached hydrogens (primary N) is 1. The maximum atomic E-state index is 14.1. The van der Waals surface area contributed by atoms with E-state index in [9.17, 15) is 9.18 Å². The van der Waals surface area contributed by atoms with Crippen LogP contribution in [0.4, 0.5) is 10.1 Å². The molecular formula is C23H18ClFN2O3S. The van der Waals surface area contributed by atoms with Crippen LogP contribution in [-0.4, -0.2) is 25.0 Å². The summed E-state index contributed by atoms with van der Waals surface area (Å²) < 4.78 is 24.7. The number of fused-ring (bicyclic) bond motifs is 1. The third-order valence-corrected chi connectivity index (χ3v) is 6.28. The summed E-state index contributed by atoms with van der Waals surface area (Å²) in [5, 5.41) is 0.969. The molecule has 4 rings (SSSR count). The first-order valence-corrected chi connectivity index (χ1v) is 10.5. The standard InChI is InChI=1S/C23H18ClFN2O3S/c1-29-19-8-4-13(10-20(19)30-2)17-7-6-15-21(26)22(31-23(15)27-17)18(28)9-12-3-5-14(24)11-16(12)25/h3-8,10-11H,9,26H2,1-2H3. The first-order chi connectivity index (χ1) is 14.9. The number of carbonyl (C=O) groups excluding carboxylic acids is 1. The Bertz CT molecular complexity index is 1310. The van der Waals surface area contributed by atoms with Crippen LogP contribution in [0.2, 0.25) is 5.02 Å². The molecule has 2 heterocycles. The van der Waals surface area contributed by atoms with E-state index in [0.29, 0.717) is 38.0 Å². The fourth-order valence-corrected chi connectivity index (χ4v) is 4.47. The highest BCUT2D eigenvalue weighted by molar-refractivity contribution is 7.21. The maximum absolute atomic E-state index is 14.1. The molecule has 0 fully saturated rings. The lowest BCUT2D eigenvalue weighted by atomic mass is 10.1. The van der Waals surface area contributed by atoms with Crippen LogP contribution >= 0.6 is 22.9 Å². The van der Waals surface area contributed by atoms with E-state index in [1.807, 2.05) is 24.3 Å². The molecule has 0 aliphatic rings. The number of carbonyl (C=O) groups is 1. The first kappa shape index (κ1) is 21.1. The lowest BCUT2D eigenvalue weighted by molar-refractivity contribution is 0.0996. The molecule has 0 saturated carbocycles. The minimum absolute atomic E-state index is 0.109. The van der Waals surface area contributed by atoms with Gasteiger partial charge in [0.05, 0.1) is 30.5 Å². The van der Waals surface area contributed by atoms with Crippen LogP contribution in [0.3, 0.4) is 0 Å². The molecule has 0 bridgehead atoms. The van der Waals surface area contributed by atoms with Crippen molar-refractivity contribution in [2.75, 3.05) is 20.0 Å². The number of ether oxygens (including phenoxy) is 2. The summed E-state index contributed by atoms with van der Waals surface area (Å²) in [6.45, 7) is 0. The summed E-state index contributed by atoms with van der Waals surface area (Å²) in [6, 6.07) is 13.4. The number of nitrogens with zero attached hydrogens (tertiary/aromatic N) is 1. The van der Waals surface area contributed by atoms with Gasteiger partial charge in [0.15, 0.2) is 17.3 Å². The second-order valence-corrected chi connectivity index (χ2v) is 8.24. The van der Waals surface area contributed by atoms with Crippen molar-refractivity contribution >= 4 is 44.6 Å². The molecule has 4 aromatic rings. The molecular weight excluding hydrogens is 439 g/mol. The van der Waals surface area contributed by atoms with Crippen molar-refractivity contribution in [1.29, 1.82) is 0 Å². The minimum Gasteiger partial charge on any atom is -0.493 e. The number of benzene rings is 2. The normalized spacial score (nSPS) is 11.0. The van der Waals surface area contributed by atoms with Crippen LogP contribution in [0.15, 0.2) is 48.5 Å². The lowest BCUT2D eigenvalue weighted by Crippen LogP contribution is -2.05. The molecule has 5 nitrogen and oxygen atoms in total. The fraction of sp³-hybridized carbons (Fsp3) is 0.130. The van der Waals surface area contributed by atoms with Crippen molar-refractivity contribution in [3.05, 3.63) is 69.8 Å². The number of thiophene rings is 1. The van der Waals surface area contributed by atoms with Crippen LogP contribution in [0.5, 0.6) is 11.5 Å². The van der Waals surface area contributed by atoms with Crippen molar-refractivity contribution in [1.82, 2.24) is 4.98 Å². The zero-order valence-electron chi connectivity index (χ0n) is 16.7. The van der Waals surface area contributed by atoms with Crippen LogP contribution in [0.1, 0.15) is 15.2 Å². The van der Waals surface area contributed by atoms with Gasteiger partial charge in [-0.05, 0) is 48.0 Å². The number of rotatable bonds is 6. The number of aromatic nitrogens is 1. The van der Waals surface area contributed by atoms with Gasteiger partial charge in [-0.25, -0.2) is 9.37 Å². The highest BCUT2D eigenvalue weighted by atomic mass is 35.5. The number of hydrogen-bond donors (Lipinski definition) is 1. The quantitative estimate of drug-likeness (QED) is 0.372. The Kier molecular flexibility index (Phi) is 5.80. The van der Waals surface area contributed by atoms with Crippen LogP contribution < -0.4 is 15.2 Å². The zero-order chi connectivity index (χ0) is 22.1. The molecule has 158 valence electrons. The van der Waals surface area contributed by atoms with Crippen LogP contribution in [0.25, 0.3) is 21.5 Å². The Hall–Kier alpha value is -3.16. The van der Waals surface area contributed by atoms with Gasteiger partial charge in [-0.3, -0.25) is 4.79 Å². The summed E-state index contributed by atoms with van der Waals surface area (Å²) >= 11 is 6.98. The summed E-state index contributed by atoms with van der Waals surface area (Å²) in [7, 11) is 3.14. The summed E-state index contributed by atoms with van der Waals surface area (Å²) in [5.41, 5.74) is 8.39. The number of nitrogen functional groups attached to an aromatic ring is 1. The predicted molar refractivity (Wildman–Crippen MR) is 122 cm³/mol. The van der Waals surface area contributed by atoms with Crippen LogP contribution in [-0.2, 0) is 6.42 Å². The number of anilines is 1. The smallest absolute Gasteiger partial charge is 0.179 e. The molecule has 0 aliphatic carbocycles. The van der Waals surface area contributed by atoms with E-state index in [-0.39, 0.29) is 22.8 Å². The number of Topliss-reactive ketones (excluding diaryl/α,β-unsaturated/α-hetero) is 1. The zero-order valence-corrected chi connectivity index (χ0v) is 18.3. The van der Waals surface area contributed by atoms with E-state index in [1.165, 1.54) is 23.5 Å².